The number of hydrogen-bond donors (Lipinski definition) is 2. The molecule has 1 amide bonds. The van der Waals surface area contributed by atoms with Gasteiger partial charge in [0.2, 0.25) is 5.91 Å². The van der Waals surface area contributed by atoms with E-state index >= 15 is 0 Å². The molecule has 7 heteroatoms. The molecule has 124 valence electrons. The van der Waals surface area contributed by atoms with Crippen molar-refractivity contribution in [2.75, 3.05) is 0 Å². The number of benzene rings is 1. The molecule has 0 aliphatic carbocycles. The van der Waals surface area contributed by atoms with Crippen LogP contribution in [-0.2, 0) is 19.9 Å². The summed E-state index contributed by atoms with van der Waals surface area (Å²) in [6, 6.07) is 4.54. The van der Waals surface area contributed by atoms with Gasteiger partial charge in [-0.15, -0.1) is 0 Å². The van der Waals surface area contributed by atoms with Gasteiger partial charge >= 0.3 is 5.97 Å². The minimum absolute atomic E-state index is 0.105. The van der Waals surface area contributed by atoms with E-state index in [0.29, 0.717) is 17.0 Å². The number of hydrogen-bond acceptors (Lipinski definition) is 3. The molecule has 0 radical (unpaired) electrons. The summed E-state index contributed by atoms with van der Waals surface area (Å²) < 4.78 is 5.67. The number of amides is 1. The molecular weight excluding hydrogens is 341 g/mol. The largest absolute Gasteiger partial charge is 0.479 e. The van der Waals surface area contributed by atoms with E-state index in [1.54, 1.807) is 6.07 Å². The van der Waals surface area contributed by atoms with E-state index in [4.69, 9.17) is 27.9 Å². The Hall–Kier alpha value is -1.30. The summed E-state index contributed by atoms with van der Waals surface area (Å²) in [5.41, 5.74) is -1.20. The predicted octanol–water partition coefficient (Wildman–Crippen LogP) is 2.98. The number of ether oxygens (including phenoxy) is 1. The van der Waals surface area contributed by atoms with E-state index in [0.717, 1.165) is 12.8 Å². The molecule has 2 bridgehead atoms. The molecule has 1 aromatic rings. The molecule has 23 heavy (non-hydrogen) atoms. The Morgan fingerprint density at radius 1 is 1.30 bits per heavy atom. The average Bonchev–Trinajstić information content (AvgIpc) is 3.12. The van der Waals surface area contributed by atoms with Crippen LogP contribution in [0.15, 0.2) is 18.2 Å². The molecule has 0 aromatic heterocycles. The standard InChI is InChI=1S/C16H17Cl2NO4/c1-16(15(21)22,8-2-4-11(17)12(18)6-8)19-14(20)10-7-9-3-5-13(10)23-9/h2,4,6,9-10,13H,3,5,7H2,1H3,(H,19,20)(H,21,22). The third-order valence-electron chi connectivity index (χ3n) is 4.74. The first kappa shape index (κ1) is 16.6. The Bertz CT molecular complexity index is 665. The summed E-state index contributed by atoms with van der Waals surface area (Å²) in [6.45, 7) is 1.45. The van der Waals surface area contributed by atoms with Crippen LogP contribution >= 0.6 is 23.2 Å². The molecule has 2 fully saturated rings. The van der Waals surface area contributed by atoms with Crippen LogP contribution in [0.1, 0.15) is 31.7 Å². The van der Waals surface area contributed by atoms with Crippen LogP contribution in [-0.4, -0.2) is 29.2 Å². The maximum absolute atomic E-state index is 12.6. The molecule has 5 nitrogen and oxygen atoms in total. The lowest BCUT2D eigenvalue weighted by atomic mass is 9.86. The molecule has 2 heterocycles. The van der Waals surface area contributed by atoms with Crippen LogP contribution < -0.4 is 5.32 Å². The Morgan fingerprint density at radius 2 is 2.04 bits per heavy atom. The zero-order chi connectivity index (χ0) is 16.8. The zero-order valence-corrected chi connectivity index (χ0v) is 14.0. The second kappa shape index (κ2) is 5.96. The van der Waals surface area contributed by atoms with Gasteiger partial charge in [0, 0.05) is 0 Å². The molecule has 4 atom stereocenters. The lowest BCUT2D eigenvalue weighted by molar-refractivity contribution is -0.148. The van der Waals surface area contributed by atoms with Crippen LogP contribution in [0.3, 0.4) is 0 Å². The highest BCUT2D eigenvalue weighted by atomic mass is 35.5. The smallest absolute Gasteiger partial charge is 0.333 e. The maximum atomic E-state index is 12.6. The van der Waals surface area contributed by atoms with Crippen LogP contribution in [0.4, 0.5) is 0 Å². The second-order valence-electron chi connectivity index (χ2n) is 6.26. The Balaban J connectivity index is 1.84. The van der Waals surface area contributed by atoms with Crippen LogP contribution in [0.5, 0.6) is 0 Å². The molecule has 1 aromatic carbocycles. The molecule has 2 N–H and O–H groups in total. The normalized spacial score (nSPS) is 28.4. The number of halogens is 2. The number of carbonyl (C=O) groups is 2. The molecule has 2 saturated heterocycles. The van der Waals surface area contributed by atoms with Crippen molar-refractivity contribution in [1.29, 1.82) is 0 Å². The topological polar surface area (TPSA) is 75.6 Å². The van der Waals surface area contributed by atoms with Crippen molar-refractivity contribution in [2.45, 2.75) is 43.9 Å². The third kappa shape index (κ3) is 2.93. The summed E-state index contributed by atoms with van der Waals surface area (Å²) in [5, 5.41) is 12.9. The van der Waals surface area contributed by atoms with Crippen molar-refractivity contribution < 1.29 is 19.4 Å². The average molecular weight is 358 g/mol. The van der Waals surface area contributed by atoms with Crippen molar-refractivity contribution in [2.24, 2.45) is 5.92 Å². The number of carboxylic acids is 1. The molecule has 2 aliphatic heterocycles. The van der Waals surface area contributed by atoms with Gasteiger partial charge in [0.05, 0.1) is 28.2 Å². The first-order valence-corrected chi connectivity index (χ1v) is 8.23. The minimum atomic E-state index is -1.58. The fraction of sp³-hybridized carbons (Fsp3) is 0.500. The molecule has 0 spiro atoms. The number of fused-ring (bicyclic) bond motifs is 2. The zero-order valence-electron chi connectivity index (χ0n) is 12.5. The van der Waals surface area contributed by atoms with E-state index in [9.17, 15) is 14.7 Å². The van der Waals surface area contributed by atoms with E-state index < -0.39 is 11.5 Å². The number of carboxylic acid groups (broad SMARTS) is 1. The number of aliphatic carboxylic acids is 1. The second-order valence-corrected chi connectivity index (χ2v) is 7.08. The summed E-state index contributed by atoms with van der Waals surface area (Å²) in [4.78, 5) is 24.4. The third-order valence-corrected chi connectivity index (χ3v) is 5.48. The van der Waals surface area contributed by atoms with Gasteiger partial charge in [0.1, 0.15) is 0 Å². The van der Waals surface area contributed by atoms with Crippen molar-refractivity contribution in [3.63, 3.8) is 0 Å². The van der Waals surface area contributed by atoms with Gasteiger partial charge < -0.3 is 15.2 Å². The van der Waals surface area contributed by atoms with Gasteiger partial charge in [-0.1, -0.05) is 29.3 Å². The fourth-order valence-electron chi connectivity index (χ4n) is 3.31. The molecule has 3 rings (SSSR count). The predicted molar refractivity (Wildman–Crippen MR) is 85.6 cm³/mol. The van der Waals surface area contributed by atoms with Crippen molar-refractivity contribution >= 4 is 35.1 Å². The van der Waals surface area contributed by atoms with E-state index in [2.05, 4.69) is 5.32 Å². The SMILES string of the molecule is CC(NC(=O)C1CC2CCC1O2)(C(=O)O)c1ccc(Cl)c(Cl)c1. The number of rotatable bonds is 4. The van der Waals surface area contributed by atoms with Gasteiger partial charge in [-0.2, -0.15) is 0 Å². The quantitative estimate of drug-likeness (QED) is 0.868. The minimum Gasteiger partial charge on any atom is -0.479 e. The van der Waals surface area contributed by atoms with Crippen LogP contribution in [0.2, 0.25) is 10.0 Å². The number of nitrogens with one attached hydrogen (secondary N) is 1. The van der Waals surface area contributed by atoms with Gasteiger partial charge in [0.15, 0.2) is 5.54 Å². The Kier molecular flexibility index (Phi) is 4.29. The van der Waals surface area contributed by atoms with E-state index in [1.807, 2.05) is 0 Å². The maximum Gasteiger partial charge on any atom is 0.333 e. The molecule has 2 aliphatic rings. The Morgan fingerprint density at radius 3 is 2.57 bits per heavy atom. The Labute approximate surface area is 143 Å². The van der Waals surface area contributed by atoms with Crippen molar-refractivity contribution in [1.82, 2.24) is 5.32 Å². The molecular formula is C16H17Cl2NO4. The van der Waals surface area contributed by atoms with Crippen molar-refractivity contribution in [3.05, 3.63) is 33.8 Å². The highest BCUT2D eigenvalue weighted by Crippen LogP contribution is 2.39. The van der Waals surface area contributed by atoms with Gasteiger partial charge in [-0.25, -0.2) is 4.79 Å². The summed E-state index contributed by atoms with van der Waals surface area (Å²) >= 11 is 11.9. The summed E-state index contributed by atoms with van der Waals surface area (Å²) in [5.74, 6) is -1.75. The summed E-state index contributed by atoms with van der Waals surface area (Å²) in [6.07, 6.45) is 2.48. The molecule has 4 unspecified atom stereocenters. The highest BCUT2D eigenvalue weighted by molar-refractivity contribution is 6.42. The monoisotopic (exact) mass is 357 g/mol. The van der Waals surface area contributed by atoms with Crippen LogP contribution in [0.25, 0.3) is 0 Å². The van der Waals surface area contributed by atoms with E-state index in [-0.39, 0.29) is 29.1 Å². The first-order valence-electron chi connectivity index (χ1n) is 7.47. The summed E-state index contributed by atoms with van der Waals surface area (Å²) in [7, 11) is 0. The van der Waals surface area contributed by atoms with E-state index in [1.165, 1.54) is 19.1 Å². The number of carbonyl (C=O) groups excluding carboxylic acids is 1. The van der Waals surface area contributed by atoms with Gasteiger partial charge in [-0.3, -0.25) is 4.79 Å². The fourth-order valence-corrected chi connectivity index (χ4v) is 3.61. The van der Waals surface area contributed by atoms with Crippen LogP contribution in [0, 0.1) is 5.92 Å². The lowest BCUT2D eigenvalue weighted by Gasteiger charge is -2.29. The molecule has 0 saturated carbocycles. The first-order chi connectivity index (χ1) is 10.8. The highest BCUT2D eigenvalue weighted by Gasteiger charge is 2.47. The van der Waals surface area contributed by atoms with Crippen molar-refractivity contribution in [3.8, 4) is 0 Å². The lowest BCUT2D eigenvalue weighted by Crippen LogP contribution is -2.52. The van der Waals surface area contributed by atoms with Gasteiger partial charge in [0.25, 0.3) is 0 Å². The van der Waals surface area contributed by atoms with Gasteiger partial charge in [-0.05, 0) is 43.9 Å².